The van der Waals surface area contributed by atoms with Crippen molar-refractivity contribution in [2.75, 3.05) is 23.3 Å². The summed E-state index contributed by atoms with van der Waals surface area (Å²) in [6, 6.07) is 8.54. The van der Waals surface area contributed by atoms with Crippen molar-refractivity contribution in [3.8, 4) is 0 Å². The Balaban J connectivity index is 1.71. The Morgan fingerprint density at radius 1 is 1.30 bits per heavy atom. The predicted molar refractivity (Wildman–Crippen MR) is 94.1 cm³/mol. The number of benzene rings is 1. The van der Waals surface area contributed by atoms with Crippen LogP contribution >= 0.6 is 0 Å². The van der Waals surface area contributed by atoms with E-state index in [0.29, 0.717) is 0 Å². The van der Waals surface area contributed by atoms with Gasteiger partial charge in [0, 0.05) is 19.5 Å². The van der Waals surface area contributed by atoms with E-state index in [-0.39, 0.29) is 12.0 Å². The molecule has 4 nitrogen and oxygen atoms in total. The zero-order chi connectivity index (χ0) is 16.3. The summed E-state index contributed by atoms with van der Waals surface area (Å²) in [5.41, 5.74) is 2.71. The second-order valence-corrected chi connectivity index (χ2v) is 7.38. The normalized spacial score (nSPS) is 26.7. The minimum Gasteiger partial charge on any atom is -0.481 e. The molecular formula is C19H28N2O2. The van der Waals surface area contributed by atoms with Gasteiger partial charge in [-0.05, 0) is 56.6 Å². The van der Waals surface area contributed by atoms with E-state index in [2.05, 4.69) is 41.4 Å². The highest BCUT2D eigenvalue weighted by Gasteiger charge is 2.39. The number of aliphatic carboxylic acids is 1. The van der Waals surface area contributed by atoms with E-state index in [1.165, 1.54) is 37.1 Å². The van der Waals surface area contributed by atoms with Crippen LogP contribution in [-0.2, 0) is 4.79 Å². The van der Waals surface area contributed by atoms with Gasteiger partial charge in [-0.2, -0.15) is 0 Å². The molecule has 0 saturated heterocycles. The monoisotopic (exact) mass is 316 g/mol. The average molecular weight is 316 g/mol. The number of hydrogen-bond acceptors (Lipinski definition) is 3. The molecule has 0 aromatic heterocycles. The van der Waals surface area contributed by atoms with E-state index in [4.69, 9.17) is 5.11 Å². The van der Waals surface area contributed by atoms with Crippen LogP contribution in [0.25, 0.3) is 0 Å². The molecule has 1 fully saturated rings. The number of nitrogens with one attached hydrogen (secondary N) is 1. The maximum atomic E-state index is 10.7. The molecule has 2 N–H and O–H groups in total. The Labute approximate surface area is 138 Å². The largest absolute Gasteiger partial charge is 0.481 e. The second kappa shape index (κ2) is 6.81. The van der Waals surface area contributed by atoms with Crippen LogP contribution < -0.4 is 10.2 Å². The van der Waals surface area contributed by atoms with Crippen LogP contribution in [0.1, 0.15) is 51.9 Å². The van der Waals surface area contributed by atoms with Crippen LogP contribution in [0.2, 0.25) is 0 Å². The van der Waals surface area contributed by atoms with Crippen molar-refractivity contribution < 1.29 is 9.90 Å². The van der Waals surface area contributed by atoms with Gasteiger partial charge in [-0.3, -0.25) is 4.79 Å². The van der Waals surface area contributed by atoms with Crippen molar-refractivity contribution in [1.82, 2.24) is 0 Å². The Bertz CT molecular complexity index is 550. The minimum atomic E-state index is -0.691. The fraction of sp³-hybridized carbons (Fsp3) is 0.632. The van der Waals surface area contributed by atoms with Crippen LogP contribution in [0.15, 0.2) is 24.3 Å². The molecule has 0 radical (unpaired) electrons. The molecule has 1 spiro atoms. The van der Waals surface area contributed by atoms with Gasteiger partial charge in [0.05, 0.1) is 16.9 Å². The van der Waals surface area contributed by atoms with Gasteiger partial charge in [0.1, 0.15) is 0 Å². The number of rotatable bonds is 5. The van der Waals surface area contributed by atoms with E-state index in [9.17, 15) is 4.79 Å². The highest BCUT2D eigenvalue weighted by atomic mass is 16.4. The average Bonchev–Trinajstić information content (AvgIpc) is 2.54. The van der Waals surface area contributed by atoms with Gasteiger partial charge in [0.15, 0.2) is 0 Å². The molecule has 1 aromatic rings. The smallest absolute Gasteiger partial charge is 0.303 e. The number of carboxylic acid groups (broad SMARTS) is 1. The zero-order valence-corrected chi connectivity index (χ0v) is 14.1. The molecule has 1 saturated carbocycles. The standard InChI is InChI=1S/C19H28N2O2/c1-15-9-11-19(12-10-15)14-21(13-5-4-8-18(22)23)17-7-3-2-6-16(17)20-19/h2-3,6-7,15,20H,4-5,8-14H2,1H3,(H,22,23). The number of hydrogen-bond donors (Lipinski definition) is 2. The number of para-hydroxylation sites is 2. The first-order chi connectivity index (χ1) is 11.1. The van der Waals surface area contributed by atoms with Crippen molar-refractivity contribution in [1.29, 1.82) is 0 Å². The van der Waals surface area contributed by atoms with Gasteiger partial charge in [0.25, 0.3) is 0 Å². The van der Waals surface area contributed by atoms with Crippen molar-refractivity contribution >= 4 is 17.3 Å². The van der Waals surface area contributed by atoms with E-state index >= 15 is 0 Å². The first-order valence-corrected chi connectivity index (χ1v) is 8.92. The van der Waals surface area contributed by atoms with Crippen LogP contribution in [0.4, 0.5) is 11.4 Å². The highest BCUT2D eigenvalue weighted by molar-refractivity contribution is 5.73. The topological polar surface area (TPSA) is 52.6 Å². The van der Waals surface area contributed by atoms with Gasteiger partial charge in [-0.15, -0.1) is 0 Å². The fourth-order valence-corrected chi connectivity index (χ4v) is 4.01. The van der Waals surface area contributed by atoms with E-state index in [0.717, 1.165) is 31.8 Å². The Hall–Kier alpha value is -1.71. The first kappa shape index (κ1) is 16.2. The third kappa shape index (κ3) is 3.80. The highest BCUT2D eigenvalue weighted by Crippen LogP contribution is 2.42. The van der Waals surface area contributed by atoms with Crippen molar-refractivity contribution in [3.63, 3.8) is 0 Å². The molecule has 0 atom stereocenters. The van der Waals surface area contributed by atoms with Gasteiger partial charge in [0.2, 0.25) is 0 Å². The number of carboxylic acids is 1. The molecule has 23 heavy (non-hydrogen) atoms. The van der Waals surface area contributed by atoms with Crippen LogP contribution in [0.3, 0.4) is 0 Å². The summed E-state index contributed by atoms with van der Waals surface area (Å²) in [7, 11) is 0. The second-order valence-electron chi connectivity index (χ2n) is 7.38. The lowest BCUT2D eigenvalue weighted by molar-refractivity contribution is -0.137. The molecule has 0 bridgehead atoms. The Kier molecular flexibility index (Phi) is 4.79. The van der Waals surface area contributed by atoms with E-state index < -0.39 is 5.97 Å². The van der Waals surface area contributed by atoms with Crippen molar-refractivity contribution in [2.45, 2.75) is 57.4 Å². The number of nitrogens with zero attached hydrogens (tertiary/aromatic N) is 1. The summed E-state index contributed by atoms with van der Waals surface area (Å²) in [4.78, 5) is 13.2. The zero-order valence-electron chi connectivity index (χ0n) is 14.1. The number of fused-ring (bicyclic) bond motifs is 1. The maximum absolute atomic E-state index is 10.7. The molecule has 0 unspecified atom stereocenters. The Morgan fingerprint density at radius 2 is 2.04 bits per heavy atom. The maximum Gasteiger partial charge on any atom is 0.303 e. The first-order valence-electron chi connectivity index (χ1n) is 8.92. The predicted octanol–water partition coefficient (Wildman–Crippen LogP) is 4.12. The van der Waals surface area contributed by atoms with Crippen LogP contribution in [-0.4, -0.2) is 29.7 Å². The van der Waals surface area contributed by atoms with Gasteiger partial charge in [-0.1, -0.05) is 19.1 Å². The summed E-state index contributed by atoms with van der Waals surface area (Å²) >= 11 is 0. The Morgan fingerprint density at radius 3 is 2.78 bits per heavy atom. The quantitative estimate of drug-likeness (QED) is 0.802. The molecule has 4 heteroatoms. The summed E-state index contributed by atoms with van der Waals surface area (Å²) < 4.78 is 0. The molecule has 1 aliphatic carbocycles. The van der Waals surface area contributed by atoms with Crippen molar-refractivity contribution in [2.24, 2.45) is 5.92 Å². The molecule has 2 aliphatic rings. The summed E-state index contributed by atoms with van der Waals surface area (Å²) in [6.07, 6.45) is 7.02. The van der Waals surface area contributed by atoms with Gasteiger partial charge >= 0.3 is 5.97 Å². The summed E-state index contributed by atoms with van der Waals surface area (Å²) in [6.45, 7) is 4.35. The third-order valence-electron chi connectivity index (χ3n) is 5.44. The number of unbranched alkanes of at least 4 members (excludes halogenated alkanes) is 1. The molecule has 1 heterocycles. The molecule has 3 rings (SSSR count). The molecule has 0 amide bonds. The molecular weight excluding hydrogens is 288 g/mol. The van der Waals surface area contributed by atoms with E-state index in [1.54, 1.807) is 0 Å². The minimum absolute atomic E-state index is 0.202. The summed E-state index contributed by atoms with van der Waals surface area (Å²) in [5, 5.41) is 12.6. The summed E-state index contributed by atoms with van der Waals surface area (Å²) in [5.74, 6) is 0.145. The molecule has 1 aliphatic heterocycles. The van der Waals surface area contributed by atoms with Crippen LogP contribution in [0, 0.1) is 5.92 Å². The lowest BCUT2D eigenvalue weighted by Gasteiger charge is -2.49. The fourth-order valence-electron chi connectivity index (χ4n) is 4.01. The third-order valence-corrected chi connectivity index (χ3v) is 5.44. The van der Waals surface area contributed by atoms with Crippen LogP contribution in [0.5, 0.6) is 0 Å². The number of anilines is 2. The number of carbonyl (C=O) groups is 1. The van der Waals surface area contributed by atoms with E-state index in [1.807, 2.05) is 0 Å². The van der Waals surface area contributed by atoms with Crippen molar-refractivity contribution in [3.05, 3.63) is 24.3 Å². The molecule has 1 aromatic carbocycles. The lowest BCUT2D eigenvalue weighted by atomic mass is 9.75. The molecule has 126 valence electrons. The van der Waals surface area contributed by atoms with Gasteiger partial charge < -0.3 is 15.3 Å². The lowest BCUT2D eigenvalue weighted by Crippen LogP contribution is -2.54. The SMILES string of the molecule is CC1CCC2(CC1)CN(CCCCC(=O)O)c1ccccc1N2. The van der Waals surface area contributed by atoms with Gasteiger partial charge in [-0.25, -0.2) is 0 Å².